The van der Waals surface area contributed by atoms with E-state index in [1.807, 2.05) is 13.0 Å². The molecule has 1 heterocycles. The molecule has 1 aliphatic heterocycles. The van der Waals surface area contributed by atoms with Gasteiger partial charge in [0, 0.05) is 11.7 Å². The van der Waals surface area contributed by atoms with Gasteiger partial charge in [-0.25, -0.2) is 4.39 Å². The Balaban J connectivity index is 1.96. The van der Waals surface area contributed by atoms with E-state index in [1.165, 1.54) is 25.9 Å². The maximum absolute atomic E-state index is 13.3. The van der Waals surface area contributed by atoms with Crippen LogP contribution in [0.25, 0.3) is 0 Å². The molecule has 18 heavy (non-hydrogen) atoms. The number of rotatable bonds is 3. The van der Waals surface area contributed by atoms with E-state index in [0.717, 1.165) is 11.3 Å². The standard InChI is InChI=1S/C15H23FN2/c1-11-8-14(16)10-15(9-11)17-12(2)13-4-6-18(3)7-5-13/h8-10,12-13,17H,4-7H2,1-3H3. The van der Waals surface area contributed by atoms with Crippen LogP contribution in [0.2, 0.25) is 0 Å². The number of anilines is 1. The highest BCUT2D eigenvalue weighted by atomic mass is 19.1. The third-order valence-electron chi connectivity index (χ3n) is 3.91. The highest BCUT2D eigenvalue weighted by Crippen LogP contribution is 2.23. The molecule has 0 saturated carbocycles. The van der Waals surface area contributed by atoms with E-state index < -0.39 is 0 Å². The van der Waals surface area contributed by atoms with E-state index in [9.17, 15) is 4.39 Å². The fourth-order valence-corrected chi connectivity index (χ4v) is 2.73. The highest BCUT2D eigenvalue weighted by molar-refractivity contribution is 5.46. The van der Waals surface area contributed by atoms with Gasteiger partial charge in [0.25, 0.3) is 0 Å². The molecule has 3 heteroatoms. The summed E-state index contributed by atoms with van der Waals surface area (Å²) < 4.78 is 13.3. The predicted octanol–water partition coefficient (Wildman–Crippen LogP) is 3.28. The average molecular weight is 250 g/mol. The van der Waals surface area contributed by atoms with Crippen molar-refractivity contribution >= 4 is 5.69 Å². The van der Waals surface area contributed by atoms with Crippen molar-refractivity contribution in [3.8, 4) is 0 Å². The second-order valence-corrected chi connectivity index (χ2v) is 5.59. The first kappa shape index (κ1) is 13.3. The maximum atomic E-state index is 13.3. The molecule has 1 N–H and O–H groups in total. The van der Waals surface area contributed by atoms with Gasteiger partial charge < -0.3 is 10.2 Å². The second-order valence-electron chi connectivity index (χ2n) is 5.59. The van der Waals surface area contributed by atoms with Gasteiger partial charge in [0.15, 0.2) is 0 Å². The summed E-state index contributed by atoms with van der Waals surface area (Å²) in [6.45, 7) is 6.46. The topological polar surface area (TPSA) is 15.3 Å². The zero-order valence-electron chi connectivity index (χ0n) is 11.5. The van der Waals surface area contributed by atoms with Crippen molar-refractivity contribution in [1.82, 2.24) is 4.90 Å². The molecule has 1 atom stereocenters. The molecule has 2 nitrogen and oxygen atoms in total. The van der Waals surface area contributed by atoms with Gasteiger partial charge in [-0.3, -0.25) is 0 Å². The van der Waals surface area contributed by atoms with Gasteiger partial charge in [-0.05, 0) is 76.5 Å². The van der Waals surface area contributed by atoms with Crippen LogP contribution in [-0.4, -0.2) is 31.1 Å². The van der Waals surface area contributed by atoms with Gasteiger partial charge >= 0.3 is 0 Å². The molecule has 2 rings (SSSR count). The Morgan fingerprint density at radius 1 is 1.28 bits per heavy atom. The molecule has 0 spiro atoms. The summed E-state index contributed by atoms with van der Waals surface area (Å²) in [6, 6.07) is 5.55. The fourth-order valence-electron chi connectivity index (χ4n) is 2.73. The number of nitrogens with zero attached hydrogens (tertiary/aromatic N) is 1. The Morgan fingerprint density at radius 2 is 1.94 bits per heavy atom. The molecule has 0 bridgehead atoms. The molecule has 1 saturated heterocycles. The number of benzene rings is 1. The zero-order chi connectivity index (χ0) is 13.1. The lowest BCUT2D eigenvalue weighted by Gasteiger charge is -2.33. The quantitative estimate of drug-likeness (QED) is 0.885. The lowest BCUT2D eigenvalue weighted by atomic mass is 9.90. The molecule has 1 aromatic rings. The Hall–Kier alpha value is -1.09. The van der Waals surface area contributed by atoms with Gasteiger partial charge in [0.1, 0.15) is 5.82 Å². The van der Waals surface area contributed by atoms with Gasteiger partial charge in [-0.1, -0.05) is 0 Å². The number of nitrogens with one attached hydrogen (secondary N) is 1. The summed E-state index contributed by atoms with van der Waals surface area (Å²) in [5, 5.41) is 3.45. The summed E-state index contributed by atoms with van der Waals surface area (Å²) >= 11 is 0. The number of piperidine rings is 1. The van der Waals surface area contributed by atoms with Crippen molar-refractivity contribution < 1.29 is 4.39 Å². The molecule has 1 unspecified atom stereocenters. The summed E-state index contributed by atoms with van der Waals surface area (Å²) in [5.74, 6) is 0.526. The van der Waals surface area contributed by atoms with Crippen molar-refractivity contribution in [3.63, 3.8) is 0 Å². The number of likely N-dealkylation sites (tertiary alicyclic amines) is 1. The van der Waals surface area contributed by atoms with E-state index in [1.54, 1.807) is 12.1 Å². The summed E-state index contributed by atoms with van der Waals surface area (Å²) in [5.41, 5.74) is 1.87. The van der Waals surface area contributed by atoms with Crippen LogP contribution in [-0.2, 0) is 0 Å². The first-order valence-electron chi connectivity index (χ1n) is 6.77. The van der Waals surface area contributed by atoms with E-state index >= 15 is 0 Å². The number of halogens is 1. The van der Waals surface area contributed by atoms with Crippen LogP contribution in [0.15, 0.2) is 18.2 Å². The fraction of sp³-hybridized carbons (Fsp3) is 0.600. The van der Waals surface area contributed by atoms with Crippen molar-refractivity contribution in [2.75, 3.05) is 25.5 Å². The van der Waals surface area contributed by atoms with Crippen molar-refractivity contribution in [1.29, 1.82) is 0 Å². The first-order chi connectivity index (χ1) is 8.54. The largest absolute Gasteiger partial charge is 0.382 e. The summed E-state index contributed by atoms with van der Waals surface area (Å²) in [7, 11) is 2.17. The van der Waals surface area contributed by atoms with Crippen molar-refractivity contribution in [2.24, 2.45) is 5.92 Å². The van der Waals surface area contributed by atoms with E-state index in [-0.39, 0.29) is 5.82 Å². The smallest absolute Gasteiger partial charge is 0.125 e. The molecule has 1 aliphatic rings. The monoisotopic (exact) mass is 250 g/mol. The third-order valence-corrected chi connectivity index (χ3v) is 3.91. The van der Waals surface area contributed by atoms with Gasteiger partial charge in [-0.15, -0.1) is 0 Å². The third kappa shape index (κ3) is 3.45. The molecule has 100 valence electrons. The van der Waals surface area contributed by atoms with Gasteiger partial charge in [-0.2, -0.15) is 0 Å². The Kier molecular flexibility index (Phi) is 4.23. The van der Waals surface area contributed by atoms with Crippen LogP contribution in [0.4, 0.5) is 10.1 Å². The molecular formula is C15H23FN2. The van der Waals surface area contributed by atoms with Crippen LogP contribution in [0, 0.1) is 18.7 Å². The number of aryl methyl sites for hydroxylation is 1. The van der Waals surface area contributed by atoms with Crippen molar-refractivity contribution in [3.05, 3.63) is 29.6 Å². The normalized spacial score (nSPS) is 19.8. The van der Waals surface area contributed by atoms with Crippen LogP contribution < -0.4 is 5.32 Å². The van der Waals surface area contributed by atoms with Crippen LogP contribution in [0.3, 0.4) is 0 Å². The molecule has 1 fully saturated rings. The molecule has 0 aromatic heterocycles. The molecule has 0 aliphatic carbocycles. The minimum Gasteiger partial charge on any atom is -0.382 e. The van der Waals surface area contributed by atoms with Crippen molar-refractivity contribution in [2.45, 2.75) is 32.7 Å². The molecule has 1 aromatic carbocycles. The van der Waals surface area contributed by atoms with Gasteiger partial charge in [0.2, 0.25) is 0 Å². The van der Waals surface area contributed by atoms with Gasteiger partial charge in [0.05, 0.1) is 0 Å². The Bertz CT molecular complexity index is 377. The average Bonchev–Trinajstić information content (AvgIpc) is 2.28. The summed E-state index contributed by atoms with van der Waals surface area (Å²) in [6.07, 6.45) is 2.44. The SMILES string of the molecule is Cc1cc(F)cc(NC(C)C2CCN(C)CC2)c1. The number of hydrogen-bond donors (Lipinski definition) is 1. The lowest BCUT2D eigenvalue weighted by Crippen LogP contribution is -2.37. The minimum atomic E-state index is -0.159. The minimum absolute atomic E-state index is 0.159. The first-order valence-corrected chi connectivity index (χ1v) is 6.77. The summed E-state index contributed by atoms with van der Waals surface area (Å²) in [4.78, 5) is 2.37. The van der Waals surface area contributed by atoms with E-state index in [4.69, 9.17) is 0 Å². The zero-order valence-corrected chi connectivity index (χ0v) is 11.5. The molecule has 0 amide bonds. The number of hydrogen-bond acceptors (Lipinski definition) is 2. The maximum Gasteiger partial charge on any atom is 0.125 e. The molecule has 0 radical (unpaired) electrons. The van der Waals surface area contributed by atoms with Crippen LogP contribution >= 0.6 is 0 Å². The Labute approximate surface area is 109 Å². The van der Waals surface area contributed by atoms with Crippen LogP contribution in [0.1, 0.15) is 25.3 Å². The van der Waals surface area contributed by atoms with E-state index in [2.05, 4.69) is 24.2 Å². The Morgan fingerprint density at radius 3 is 2.56 bits per heavy atom. The highest BCUT2D eigenvalue weighted by Gasteiger charge is 2.22. The second kappa shape index (κ2) is 5.70. The molecular weight excluding hydrogens is 227 g/mol. The lowest BCUT2D eigenvalue weighted by molar-refractivity contribution is 0.208. The predicted molar refractivity (Wildman–Crippen MR) is 74.4 cm³/mol. The van der Waals surface area contributed by atoms with Crippen LogP contribution in [0.5, 0.6) is 0 Å². The van der Waals surface area contributed by atoms with E-state index in [0.29, 0.717) is 12.0 Å².